The van der Waals surface area contributed by atoms with Crippen molar-refractivity contribution >= 4 is 40.0 Å². The monoisotopic (exact) mass is 478 g/mol. The van der Waals surface area contributed by atoms with Crippen molar-refractivity contribution in [2.24, 2.45) is 7.05 Å². The van der Waals surface area contributed by atoms with Crippen LogP contribution in [0.4, 0.5) is 5.00 Å². The normalized spacial score (nSPS) is 10.5. The summed E-state index contributed by atoms with van der Waals surface area (Å²) in [5, 5.41) is 13.9. The van der Waals surface area contributed by atoms with Crippen molar-refractivity contribution in [1.82, 2.24) is 14.8 Å². The highest BCUT2D eigenvalue weighted by atomic mass is 32.2. The standard InChI is InChI=1S/C20H22N4O6S2/c1-24-17(11-8-13(27-2)16(29-4)14(9-11)28-3)22-23-20(24)32-10-15(25)21-18-12(6-7-31-18)19(26)30-5/h6-9H,10H2,1-5H3,(H,21,25). The summed E-state index contributed by atoms with van der Waals surface area (Å²) in [5.41, 5.74) is 1.03. The molecule has 10 nitrogen and oxygen atoms in total. The predicted octanol–water partition coefficient (Wildman–Crippen LogP) is 3.09. The number of rotatable bonds is 9. The number of thiophene rings is 1. The molecule has 1 N–H and O–H groups in total. The number of carbonyl (C=O) groups is 2. The van der Waals surface area contributed by atoms with Crippen LogP contribution in [0.1, 0.15) is 10.4 Å². The average Bonchev–Trinajstić information content (AvgIpc) is 3.42. The minimum Gasteiger partial charge on any atom is -0.493 e. The molecule has 0 radical (unpaired) electrons. The Hall–Kier alpha value is -3.25. The van der Waals surface area contributed by atoms with Gasteiger partial charge in [-0.25, -0.2) is 4.79 Å². The van der Waals surface area contributed by atoms with Crippen molar-refractivity contribution in [3.8, 4) is 28.6 Å². The molecular formula is C20H22N4O6S2. The Morgan fingerprint density at radius 2 is 1.78 bits per heavy atom. The molecule has 2 aromatic heterocycles. The molecular weight excluding hydrogens is 456 g/mol. The number of anilines is 1. The van der Waals surface area contributed by atoms with Gasteiger partial charge in [-0.15, -0.1) is 21.5 Å². The van der Waals surface area contributed by atoms with Crippen LogP contribution in [0.25, 0.3) is 11.4 Å². The Morgan fingerprint density at radius 1 is 1.09 bits per heavy atom. The molecule has 0 unspecified atom stereocenters. The number of amides is 1. The van der Waals surface area contributed by atoms with E-state index < -0.39 is 5.97 Å². The largest absolute Gasteiger partial charge is 0.493 e. The van der Waals surface area contributed by atoms with Crippen molar-refractivity contribution in [2.75, 3.05) is 39.5 Å². The molecule has 0 aliphatic carbocycles. The highest BCUT2D eigenvalue weighted by Gasteiger charge is 2.20. The Bertz CT molecular complexity index is 1100. The van der Waals surface area contributed by atoms with Crippen LogP contribution in [0, 0.1) is 0 Å². The lowest BCUT2D eigenvalue weighted by Gasteiger charge is -2.14. The minimum absolute atomic E-state index is 0.0831. The fourth-order valence-corrected chi connectivity index (χ4v) is 4.37. The quantitative estimate of drug-likeness (QED) is 0.366. The lowest BCUT2D eigenvalue weighted by Crippen LogP contribution is -2.16. The molecule has 3 rings (SSSR count). The molecule has 12 heteroatoms. The number of aromatic nitrogens is 3. The Kier molecular flexibility index (Phi) is 7.59. The molecule has 0 aliphatic rings. The zero-order chi connectivity index (χ0) is 23.3. The van der Waals surface area contributed by atoms with E-state index in [-0.39, 0.29) is 11.7 Å². The lowest BCUT2D eigenvalue weighted by molar-refractivity contribution is -0.113. The van der Waals surface area contributed by atoms with Gasteiger partial charge >= 0.3 is 5.97 Å². The number of esters is 1. The molecule has 3 aromatic rings. The summed E-state index contributed by atoms with van der Waals surface area (Å²) in [6.07, 6.45) is 0. The number of methoxy groups -OCH3 is 4. The average molecular weight is 479 g/mol. The van der Waals surface area contributed by atoms with Crippen molar-refractivity contribution in [3.63, 3.8) is 0 Å². The molecule has 170 valence electrons. The maximum Gasteiger partial charge on any atom is 0.340 e. The second-order valence-corrected chi connectivity index (χ2v) is 8.13. The minimum atomic E-state index is -0.502. The van der Waals surface area contributed by atoms with Crippen LogP contribution in [0.5, 0.6) is 17.2 Å². The maximum absolute atomic E-state index is 12.4. The van der Waals surface area contributed by atoms with E-state index in [9.17, 15) is 9.59 Å². The number of nitrogens with one attached hydrogen (secondary N) is 1. The summed E-state index contributed by atoms with van der Waals surface area (Å²) in [4.78, 5) is 24.1. The summed E-state index contributed by atoms with van der Waals surface area (Å²) in [6.45, 7) is 0. The smallest absolute Gasteiger partial charge is 0.340 e. The second-order valence-electron chi connectivity index (χ2n) is 6.27. The van der Waals surface area contributed by atoms with E-state index in [1.807, 2.05) is 0 Å². The van der Waals surface area contributed by atoms with E-state index in [1.54, 1.807) is 35.2 Å². The maximum atomic E-state index is 12.4. The van der Waals surface area contributed by atoms with Crippen molar-refractivity contribution < 1.29 is 28.5 Å². The van der Waals surface area contributed by atoms with Gasteiger partial charge in [0.1, 0.15) is 5.00 Å². The summed E-state index contributed by atoms with van der Waals surface area (Å²) in [5.74, 6) is 1.34. The first-order valence-corrected chi connectivity index (χ1v) is 11.1. The molecule has 0 fully saturated rings. The van der Waals surface area contributed by atoms with Crippen LogP contribution in [0.15, 0.2) is 28.7 Å². The topological polar surface area (TPSA) is 114 Å². The fraction of sp³-hybridized carbons (Fsp3) is 0.300. The van der Waals surface area contributed by atoms with Crippen LogP contribution < -0.4 is 19.5 Å². The number of thioether (sulfide) groups is 1. The van der Waals surface area contributed by atoms with Gasteiger partial charge in [-0.3, -0.25) is 4.79 Å². The zero-order valence-electron chi connectivity index (χ0n) is 18.1. The van der Waals surface area contributed by atoms with Crippen LogP contribution >= 0.6 is 23.1 Å². The molecule has 1 amide bonds. The van der Waals surface area contributed by atoms with Gasteiger partial charge in [0.25, 0.3) is 0 Å². The molecule has 1 aromatic carbocycles. The molecule has 32 heavy (non-hydrogen) atoms. The highest BCUT2D eigenvalue weighted by Crippen LogP contribution is 2.41. The van der Waals surface area contributed by atoms with Gasteiger partial charge < -0.3 is 28.8 Å². The Balaban J connectivity index is 1.74. The van der Waals surface area contributed by atoms with Gasteiger partial charge in [-0.05, 0) is 23.6 Å². The van der Waals surface area contributed by atoms with Crippen LogP contribution in [-0.2, 0) is 16.6 Å². The van der Waals surface area contributed by atoms with Gasteiger partial charge in [-0.2, -0.15) is 0 Å². The molecule has 0 atom stereocenters. The summed E-state index contributed by atoms with van der Waals surface area (Å²) < 4.78 is 22.6. The number of benzene rings is 1. The Labute approximate surface area is 192 Å². The van der Waals surface area contributed by atoms with E-state index in [0.29, 0.717) is 44.4 Å². The summed E-state index contributed by atoms with van der Waals surface area (Å²) >= 11 is 2.47. The third-order valence-electron chi connectivity index (χ3n) is 4.41. The zero-order valence-corrected chi connectivity index (χ0v) is 19.8. The van der Waals surface area contributed by atoms with E-state index >= 15 is 0 Å². The van der Waals surface area contributed by atoms with Crippen LogP contribution in [0.2, 0.25) is 0 Å². The third kappa shape index (κ3) is 4.81. The number of hydrogen-bond donors (Lipinski definition) is 1. The van der Waals surface area contributed by atoms with Crippen molar-refractivity contribution in [2.45, 2.75) is 5.16 Å². The van der Waals surface area contributed by atoms with Gasteiger partial charge in [0, 0.05) is 12.6 Å². The van der Waals surface area contributed by atoms with E-state index in [4.69, 9.17) is 18.9 Å². The van der Waals surface area contributed by atoms with E-state index in [0.717, 1.165) is 0 Å². The molecule has 0 spiro atoms. The second kappa shape index (κ2) is 10.4. The van der Waals surface area contributed by atoms with Crippen LogP contribution in [0.3, 0.4) is 0 Å². The van der Waals surface area contributed by atoms with E-state index in [1.165, 1.54) is 51.5 Å². The van der Waals surface area contributed by atoms with E-state index in [2.05, 4.69) is 15.5 Å². The first kappa shape index (κ1) is 23.4. The highest BCUT2D eigenvalue weighted by molar-refractivity contribution is 7.99. The summed E-state index contributed by atoms with van der Waals surface area (Å²) in [6, 6.07) is 5.15. The van der Waals surface area contributed by atoms with Crippen LogP contribution in [-0.4, -0.2) is 60.8 Å². The summed E-state index contributed by atoms with van der Waals surface area (Å²) in [7, 11) is 7.70. The Morgan fingerprint density at radius 3 is 2.38 bits per heavy atom. The molecule has 0 saturated heterocycles. The number of nitrogens with zero attached hydrogens (tertiary/aromatic N) is 3. The SMILES string of the molecule is COC(=O)c1ccsc1NC(=O)CSc1nnc(-c2cc(OC)c(OC)c(OC)c2)n1C. The fourth-order valence-electron chi connectivity index (χ4n) is 2.87. The van der Waals surface area contributed by atoms with Crippen molar-refractivity contribution in [1.29, 1.82) is 0 Å². The molecule has 2 heterocycles. The lowest BCUT2D eigenvalue weighted by atomic mass is 10.1. The van der Waals surface area contributed by atoms with Crippen molar-refractivity contribution in [3.05, 3.63) is 29.1 Å². The van der Waals surface area contributed by atoms with Gasteiger partial charge in [0.2, 0.25) is 11.7 Å². The van der Waals surface area contributed by atoms with Gasteiger partial charge in [-0.1, -0.05) is 11.8 Å². The first-order valence-electron chi connectivity index (χ1n) is 9.21. The third-order valence-corrected chi connectivity index (χ3v) is 6.26. The number of hydrogen-bond acceptors (Lipinski definition) is 10. The molecule has 0 aliphatic heterocycles. The number of ether oxygens (including phenoxy) is 4. The first-order chi connectivity index (χ1) is 15.4. The predicted molar refractivity (Wildman–Crippen MR) is 121 cm³/mol. The number of carbonyl (C=O) groups excluding carboxylic acids is 2. The molecule has 0 saturated carbocycles. The van der Waals surface area contributed by atoms with Gasteiger partial charge in [0.05, 0.1) is 39.8 Å². The molecule has 0 bridgehead atoms. The van der Waals surface area contributed by atoms with Gasteiger partial charge in [0.15, 0.2) is 22.5 Å².